The van der Waals surface area contributed by atoms with Gasteiger partial charge in [-0.2, -0.15) is 0 Å². The molecule has 3 heteroatoms. The van der Waals surface area contributed by atoms with E-state index in [0.717, 1.165) is 22.2 Å². The zero-order valence-corrected chi connectivity index (χ0v) is 8.32. The van der Waals surface area contributed by atoms with E-state index in [9.17, 15) is 0 Å². The Morgan fingerprint density at radius 2 is 2.00 bits per heavy atom. The van der Waals surface area contributed by atoms with Gasteiger partial charge < -0.3 is 9.72 Å². The third kappa shape index (κ3) is 1.09. The lowest BCUT2D eigenvalue weighted by Gasteiger charge is -2.00. The van der Waals surface area contributed by atoms with E-state index in [2.05, 4.69) is 22.1 Å². The highest BCUT2D eigenvalue weighted by Crippen LogP contribution is 2.31. The first kappa shape index (κ1) is 8.29. The number of H-pyrrole nitrogens is 1. The van der Waals surface area contributed by atoms with Gasteiger partial charge in [0.25, 0.3) is 0 Å². The van der Waals surface area contributed by atoms with Gasteiger partial charge in [0.1, 0.15) is 5.75 Å². The van der Waals surface area contributed by atoms with Gasteiger partial charge in [-0.3, -0.25) is 4.98 Å². The van der Waals surface area contributed by atoms with Crippen molar-refractivity contribution in [2.75, 3.05) is 7.11 Å². The lowest BCUT2D eigenvalue weighted by atomic mass is 10.2. The van der Waals surface area contributed by atoms with Gasteiger partial charge in [0.15, 0.2) is 0 Å². The number of rotatable bonds is 1. The molecule has 3 nitrogen and oxygen atoms in total. The Labute approximate surface area is 86.7 Å². The van der Waals surface area contributed by atoms with Crippen molar-refractivity contribution in [1.29, 1.82) is 0 Å². The summed E-state index contributed by atoms with van der Waals surface area (Å²) in [7, 11) is 1.66. The highest BCUT2D eigenvalue weighted by atomic mass is 16.5. The average Bonchev–Trinajstić information content (AvgIpc) is 2.67. The summed E-state index contributed by atoms with van der Waals surface area (Å²) in [6, 6.07) is 8.17. The summed E-state index contributed by atoms with van der Waals surface area (Å²) >= 11 is 0. The van der Waals surface area contributed by atoms with E-state index >= 15 is 0 Å². The van der Waals surface area contributed by atoms with Crippen molar-refractivity contribution in [1.82, 2.24) is 9.97 Å². The predicted molar refractivity (Wildman–Crippen MR) is 60.2 cm³/mol. The number of pyridine rings is 1. The second-order valence-electron chi connectivity index (χ2n) is 3.43. The fourth-order valence-electron chi connectivity index (χ4n) is 1.92. The molecule has 3 aromatic rings. The summed E-state index contributed by atoms with van der Waals surface area (Å²) in [4.78, 5) is 7.43. The van der Waals surface area contributed by atoms with Crippen LogP contribution in [0.4, 0.5) is 0 Å². The van der Waals surface area contributed by atoms with Crippen molar-refractivity contribution in [2.45, 2.75) is 0 Å². The van der Waals surface area contributed by atoms with Crippen LogP contribution in [0.1, 0.15) is 0 Å². The van der Waals surface area contributed by atoms with Crippen molar-refractivity contribution < 1.29 is 4.74 Å². The molecule has 0 fully saturated rings. The average molecular weight is 198 g/mol. The fourth-order valence-corrected chi connectivity index (χ4v) is 1.92. The molecule has 0 saturated carbocycles. The molecule has 0 bridgehead atoms. The molecule has 0 aliphatic carbocycles. The maximum absolute atomic E-state index is 5.31. The van der Waals surface area contributed by atoms with Crippen LogP contribution >= 0.6 is 0 Å². The summed E-state index contributed by atoms with van der Waals surface area (Å²) in [6.07, 6.45) is 3.56. The van der Waals surface area contributed by atoms with Crippen LogP contribution in [-0.4, -0.2) is 17.1 Å². The van der Waals surface area contributed by atoms with Crippen LogP contribution < -0.4 is 4.74 Å². The van der Waals surface area contributed by atoms with Gasteiger partial charge >= 0.3 is 0 Å². The number of methoxy groups -OCH3 is 1. The molecule has 0 unspecified atom stereocenters. The van der Waals surface area contributed by atoms with Gasteiger partial charge in [0, 0.05) is 10.9 Å². The molecule has 15 heavy (non-hydrogen) atoms. The van der Waals surface area contributed by atoms with Crippen molar-refractivity contribution in [3.63, 3.8) is 0 Å². The Morgan fingerprint density at radius 3 is 2.87 bits per heavy atom. The van der Waals surface area contributed by atoms with Crippen molar-refractivity contribution in [3.8, 4) is 5.75 Å². The first-order valence-corrected chi connectivity index (χ1v) is 4.78. The summed E-state index contributed by atoms with van der Waals surface area (Å²) in [5.74, 6) is 0.810. The smallest absolute Gasteiger partial charge is 0.147 e. The van der Waals surface area contributed by atoms with E-state index in [4.69, 9.17) is 4.74 Å². The first-order valence-electron chi connectivity index (χ1n) is 4.78. The zero-order valence-electron chi connectivity index (χ0n) is 8.32. The third-order valence-electron chi connectivity index (χ3n) is 2.60. The molecule has 0 spiro atoms. The van der Waals surface area contributed by atoms with Gasteiger partial charge in [-0.25, -0.2) is 0 Å². The van der Waals surface area contributed by atoms with Crippen LogP contribution in [0.15, 0.2) is 36.7 Å². The van der Waals surface area contributed by atoms with Gasteiger partial charge in [-0.05, 0) is 6.07 Å². The summed E-state index contributed by atoms with van der Waals surface area (Å²) in [6.45, 7) is 0. The number of benzene rings is 1. The van der Waals surface area contributed by atoms with E-state index in [1.165, 1.54) is 5.39 Å². The molecule has 0 aliphatic rings. The molecule has 0 aliphatic heterocycles. The van der Waals surface area contributed by atoms with E-state index in [1.807, 2.05) is 18.3 Å². The van der Waals surface area contributed by atoms with Crippen LogP contribution in [0.3, 0.4) is 0 Å². The Bertz CT molecular complexity index is 628. The van der Waals surface area contributed by atoms with Crippen molar-refractivity contribution >= 4 is 21.8 Å². The molecule has 0 saturated heterocycles. The number of aromatic nitrogens is 2. The second kappa shape index (κ2) is 2.98. The largest absolute Gasteiger partial charge is 0.494 e. The minimum Gasteiger partial charge on any atom is -0.494 e. The quantitative estimate of drug-likeness (QED) is 0.652. The second-order valence-corrected chi connectivity index (χ2v) is 3.43. The summed E-state index contributed by atoms with van der Waals surface area (Å²) in [5.41, 5.74) is 2.12. The SMILES string of the molecule is COc1cncc2[nH]c3ccccc3c12. The van der Waals surface area contributed by atoms with Crippen LogP contribution in [0.2, 0.25) is 0 Å². The first-order chi connectivity index (χ1) is 7.40. The number of hydrogen-bond acceptors (Lipinski definition) is 2. The lowest BCUT2D eigenvalue weighted by molar-refractivity contribution is 0.418. The number of ether oxygens (including phenoxy) is 1. The van der Waals surface area contributed by atoms with E-state index in [-0.39, 0.29) is 0 Å². The third-order valence-corrected chi connectivity index (χ3v) is 2.60. The Balaban J connectivity index is 2.56. The standard InChI is InChI=1S/C12H10N2O/c1-15-11-7-13-6-10-12(11)8-4-2-3-5-9(8)14-10/h2-7,14H,1H3. The van der Waals surface area contributed by atoms with E-state index in [0.29, 0.717) is 0 Å². The molecular formula is C12H10N2O. The minimum atomic E-state index is 0.810. The highest BCUT2D eigenvalue weighted by Gasteiger charge is 2.08. The fraction of sp³-hybridized carbons (Fsp3) is 0.0833. The lowest BCUT2D eigenvalue weighted by Crippen LogP contribution is -1.84. The van der Waals surface area contributed by atoms with Gasteiger partial charge in [-0.15, -0.1) is 0 Å². The molecule has 3 rings (SSSR count). The maximum atomic E-state index is 5.31. The Hall–Kier alpha value is -2.03. The molecule has 0 amide bonds. The molecule has 2 heterocycles. The topological polar surface area (TPSA) is 37.9 Å². The minimum absolute atomic E-state index is 0.810. The Kier molecular flexibility index (Phi) is 1.65. The van der Waals surface area contributed by atoms with E-state index in [1.54, 1.807) is 13.3 Å². The molecule has 2 aromatic heterocycles. The molecule has 0 atom stereocenters. The number of aromatic amines is 1. The van der Waals surface area contributed by atoms with E-state index < -0.39 is 0 Å². The molecule has 1 N–H and O–H groups in total. The number of fused-ring (bicyclic) bond motifs is 3. The van der Waals surface area contributed by atoms with Crippen LogP contribution in [0.5, 0.6) is 5.75 Å². The van der Waals surface area contributed by atoms with Gasteiger partial charge in [0.05, 0.1) is 30.4 Å². The molecule has 1 aromatic carbocycles. The van der Waals surface area contributed by atoms with Crippen LogP contribution in [0.25, 0.3) is 21.8 Å². The zero-order chi connectivity index (χ0) is 10.3. The molecule has 74 valence electrons. The maximum Gasteiger partial charge on any atom is 0.147 e. The highest BCUT2D eigenvalue weighted by molar-refractivity contribution is 6.09. The predicted octanol–water partition coefficient (Wildman–Crippen LogP) is 2.72. The summed E-state index contributed by atoms with van der Waals surface area (Å²) < 4.78 is 5.31. The number of nitrogens with one attached hydrogen (secondary N) is 1. The van der Waals surface area contributed by atoms with Gasteiger partial charge in [0.2, 0.25) is 0 Å². The number of para-hydroxylation sites is 1. The monoisotopic (exact) mass is 198 g/mol. The van der Waals surface area contributed by atoms with Crippen molar-refractivity contribution in [3.05, 3.63) is 36.7 Å². The normalized spacial score (nSPS) is 11.0. The summed E-state index contributed by atoms with van der Waals surface area (Å²) in [5, 5.41) is 2.27. The number of nitrogens with zero attached hydrogens (tertiary/aromatic N) is 1. The van der Waals surface area contributed by atoms with Gasteiger partial charge in [-0.1, -0.05) is 18.2 Å². The Morgan fingerprint density at radius 1 is 1.13 bits per heavy atom. The number of hydrogen-bond donors (Lipinski definition) is 1. The van der Waals surface area contributed by atoms with Crippen LogP contribution in [0, 0.1) is 0 Å². The molecular weight excluding hydrogens is 188 g/mol. The van der Waals surface area contributed by atoms with Crippen molar-refractivity contribution in [2.24, 2.45) is 0 Å². The molecule has 0 radical (unpaired) electrons. The van der Waals surface area contributed by atoms with Crippen LogP contribution in [-0.2, 0) is 0 Å².